The number of benzene rings is 1. The van der Waals surface area contributed by atoms with Crippen LogP contribution in [0.3, 0.4) is 0 Å². The number of nitrogens with two attached hydrogens (primary N) is 1. The number of nitrogen functional groups attached to an aromatic ring is 1. The van der Waals surface area contributed by atoms with Gasteiger partial charge in [-0.25, -0.2) is 0 Å². The first-order valence-corrected chi connectivity index (χ1v) is 9.68. The predicted octanol–water partition coefficient (Wildman–Crippen LogP) is 3.72. The summed E-state index contributed by atoms with van der Waals surface area (Å²) in [5, 5.41) is 12.3. The van der Waals surface area contributed by atoms with Gasteiger partial charge in [-0.2, -0.15) is 13.2 Å². The molecular weight excluding hydrogens is 391 g/mol. The molecule has 1 saturated carbocycles. The van der Waals surface area contributed by atoms with Crippen LogP contribution in [0.4, 0.5) is 18.9 Å². The molecule has 0 saturated heterocycles. The Morgan fingerprint density at radius 1 is 1.32 bits per heavy atom. The predicted molar refractivity (Wildman–Crippen MR) is 100 cm³/mol. The van der Waals surface area contributed by atoms with Gasteiger partial charge in [-0.3, -0.25) is 4.79 Å². The van der Waals surface area contributed by atoms with Crippen LogP contribution in [0, 0.1) is 5.92 Å². The molecule has 1 fully saturated rings. The summed E-state index contributed by atoms with van der Waals surface area (Å²) in [5.41, 5.74) is 7.03. The van der Waals surface area contributed by atoms with E-state index in [2.05, 4.69) is 15.5 Å². The summed E-state index contributed by atoms with van der Waals surface area (Å²) >= 11 is 1.16. The van der Waals surface area contributed by atoms with Gasteiger partial charge in [0.15, 0.2) is 5.01 Å². The maximum absolute atomic E-state index is 13.1. The Kier molecular flexibility index (Phi) is 4.74. The standard InChI is InChI=1S/C18H18F3N5OS/c19-18(20,21)9-26-13-6-2-5-12(22)11(13)7-14(26)17-25-24-15(28-17)8-23-16(27)10-3-1-4-10/h2,5-7,10H,1,3-4,8-9,22H2,(H,23,27). The second-order valence-electron chi connectivity index (χ2n) is 6.86. The highest BCUT2D eigenvalue weighted by atomic mass is 32.1. The smallest absolute Gasteiger partial charge is 0.398 e. The van der Waals surface area contributed by atoms with E-state index < -0.39 is 12.7 Å². The molecule has 0 atom stereocenters. The third kappa shape index (κ3) is 3.68. The summed E-state index contributed by atoms with van der Waals surface area (Å²) in [6.45, 7) is -0.933. The molecule has 0 spiro atoms. The van der Waals surface area contributed by atoms with Gasteiger partial charge in [0.25, 0.3) is 0 Å². The largest absolute Gasteiger partial charge is 0.406 e. The maximum Gasteiger partial charge on any atom is 0.406 e. The summed E-state index contributed by atoms with van der Waals surface area (Å²) in [5.74, 6) is 0.0478. The van der Waals surface area contributed by atoms with Gasteiger partial charge in [0.2, 0.25) is 5.91 Å². The average Bonchev–Trinajstić information content (AvgIpc) is 3.16. The van der Waals surface area contributed by atoms with Crippen LogP contribution < -0.4 is 11.1 Å². The fourth-order valence-electron chi connectivity index (χ4n) is 3.24. The highest BCUT2D eigenvalue weighted by Gasteiger charge is 2.31. The molecule has 2 aromatic heterocycles. The maximum atomic E-state index is 13.1. The van der Waals surface area contributed by atoms with Crippen molar-refractivity contribution in [2.45, 2.75) is 38.5 Å². The van der Waals surface area contributed by atoms with Crippen molar-refractivity contribution in [3.8, 4) is 10.7 Å². The molecule has 6 nitrogen and oxygen atoms in total. The van der Waals surface area contributed by atoms with Crippen molar-refractivity contribution < 1.29 is 18.0 Å². The molecule has 1 amide bonds. The first-order valence-electron chi connectivity index (χ1n) is 8.87. The summed E-state index contributed by atoms with van der Waals surface area (Å²) in [6, 6.07) is 6.47. The minimum atomic E-state index is -4.39. The second-order valence-corrected chi connectivity index (χ2v) is 7.92. The highest BCUT2D eigenvalue weighted by molar-refractivity contribution is 7.14. The topological polar surface area (TPSA) is 85.8 Å². The van der Waals surface area contributed by atoms with Crippen LogP contribution in [0.25, 0.3) is 21.6 Å². The van der Waals surface area contributed by atoms with Gasteiger partial charge in [-0.1, -0.05) is 23.8 Å². The van der Waals surface area contributed by atoms with E-state index in [4.69, 9.17) is 5.73 Å². The molecule has 4 rings (SSSR count). The molecule has 3 aromatic rings. The van der Waals surface area contributed by atoms with E-state index in [0.717, 1.165) is 35.2 Å². The van der Waals surface area contributed by atoms with Crippen molar-refractivity contribution >= 4 is 33.8 Å². The van der Waals surface area contributed by atoms with Crippen LogP contribution in [-0.4, -0.2) is 26.8 Å². The number of fused-ring (bicyclic) bond motifs is 1. The lowest BCUT2D eigenvalue weighted by Crippen LogP contribution is -2.33. The van der Waals surface area contributed by atoms with Crippen LogP contribution in [0.2, 0.25) is 0 Å². The van der Waals surface area contributed by atoms with E-state index in [9.17, 15) is 18.0 Å². The molecule has 1 aliphatic carbocycles. The first-order chi connectivity index (χ1) is 13.3. The van der Waals surface area contributed by atoms with Crippen molar-refractivity contribution in [1.29, 1.82) is 0 Å². The quantitative estimate of drug-likeness (QED) is 0.629. The zero-order valence-electron chi connectivity index (χ0n) is 14.8. The van der Waals surface area contributed by atoms with Crippen LogP contribution in [0.5, 0.6) is 0 Å². The third-order valence-corrected chi connectivity index (χ3v) is 5.84. The molecule has 10 heteroatoms. The van der Waals surface area contributed by atoms with E-state index in [1.165, 1.54) is 0 Å². The summed E-state index contributed by atoms with van der Waals surface area (Å²) in [7, 11) is 0. The number of anilines is 1. The van der Waals surface area contributed by atoms with Gasteiger partial charge in [-0.05, 0) is 31.0 Å². The average molecular weight is 409 g/mol. The van der Waals surface area contributed by atoms with Gasteiger partial charge in [-0.15, -0.1) is 10.2 Å². The third-order valence-electron chi connectivity index (χ3n) is 4.89. The number of alkyl halides is 3. The lowest BCUT2D eigenvalue weighted by Gasteiger charge is -2.23. The Morgan fingerprint density at radius 3 is 2.79 bits per heavy atom. The van der Waals surface area contributed by atoms with Crippen molar-refractivity contribution in [1.82, 2.24) is 20.1 Å². The van der Waals surface area contributed by atoms with Crippen molar-refractivity contribution in [2.24, 2.45) is 5.92 Å². The molecule has 0 aliphatic heterocycles. The van der Waals surface area contributed by atoms with Crippen LogP contribution in [-0.2, 0) is 17.9 Å². The molecule has 1 aromatic carbocycles. The number of rotatable bonds is 5. The number of hydrogen-bond donors (Lipinski definition) is 2. The molecule has 2 heterocycles. The number of aromatic nitrogens is 3. The fraction of sp³-hybridized carbons (Fsp3) is 0.389. The Bertz CT molecular complexity index is 1020. The summed E-state index contributed by atoms with van der Waals surface area (Å²) in [6.07, 6.45) is -1.54. The van der Waals surface area contributed by atoms with Crippen molar-refractivity contribution in [2.75, 3.05) is 5.73 Å². The minimum Gasteiger partial charge on any atom is -0.398 e. The van der Waals surface area contributed by atoms with Crippen molar-refractivity contribution in [3.63, 3.8) is 0 Å². The van der Waals surface area contributed by atoms with Crippen LogP contribution in [0.1, 0.15) is 24.3 Å². The minimum absolute atomic E-state index is 0.0121. The Morgan fingerprint density at radius 2 is 2.11 bits per heavy atom. The van der Waals surface area contributed by atoms with Crippen LogP contribution in [0.15, 0.2) is 24.3 Å². The lowest BCUT2D eigenvalue weighted by molar-refractivity contribution is -0.139. The summed E-state index contributed by atoms with van der Waals surface area (Å²) in [4.78, 5) is 11.9. The SMILES string of the molecule is Nc1cccc2c1cc(-c1nnc(CNC(=O)C3CCC3)s1)n2CC(F)(F)F. The van der Waals surface area contributed by atoms with E-state index in [1.54, 1.807) is 24.3 Å². The Labute approximate surface area is 162 Å². The normalized spacial score (nSPS) is 15.0. The van der Waals surface area contributed by atoms with Crippen LogP contribution >= 0.6 is 11.3 Å². The molecule has 0 radical (unpaired) electrons. The zero-order valence-corrected chi connectivity index (χ0v) is 15.6. The molecule has 0 unspecified atom stereocenters. The number of nitrogens with one attached hydrogen (secondary N) is 1. The van der Waals surface area contributed by atoms with Gasteiger partial charge in [0.1, 0.15) is 11.6 Å². The fourth-order valence-corrected chi connectivity index (χ4v) is 4.04. The highest BCUT2D eigenvalue weighted by Crippen LogP contribution is 2.35. The molecule has 1 aliphatic rings. The van der Waals surface area contributed by atoms with Gasteiger partial charge in [0, 0.05) is 17.0 Å². The Hall–Kier alpha value is -2.62. The number of amides is 1. The van der Waals surface area contributed by atoms with Crippen molar-refractivity contribution in [3.05, 3.63) is 29.3 Å². The van der Waals surface area contributed by atoms with E-state index >= 15 is 0 Å². The summed E-state index contributed by atoms with van der Waals surface area (Å²) < 4.78 is 40.6. The number of nitrogens with zero attached hydrogens (tertiary/aromatic N) is 3. The number of carbonyl (C=O) groups excluding carboxylic acids is 1. The molecule has 148 valence electrons. The van der Waals surface area contributed by atoms with E-state index in [0.29, 0.717) is 32.3 Å². The molecule has 28 heavy (non-hydrogen) atoms. The first kappa shape index (κ1) is 18.7. The lowest BCUT2D eigenvalue weighted by atomic mass is 9.85. The molecule has 3 N–H and O–H groups in total. The zero-order chi connectivity index (χ0) is 19.9. The van der Waals surface area contributed by atoms with Gasteiger partial charge < -0.3 is 15.6 Å². The monoisotopic (exact) mass is 409 g/mol. The number of hydrogen-bond acceptors (Lipinski definition) is 5. The van der Waals surface area contributed by atoms with E-state index in [1.807, 2.05) is 0 Å². The number of carbonyl (C=O) groups is 1. The van der Waals surface area contributed by atoms with E-state index in [-0.39, 0.29) is 18.4 Å². The Balaban J connectivity index is 1.63. The number of halogens is 3. The molecular formula is C18H18F3N5OS. The second kappa shape index (κ2) is 7.08. The van der Waals surface area contributed by atoms with Gasteiger partial charge in [0.05, 0.1) is 17.8 Å². The molecule has 0 bridgehead atoms. The van der Waals surface area contributed by atoms with Gasteiger partial charge >= 0.3 is 6.18 Å².